The van der Waals surface area contributed by atoms with Gasteiger partial charge in [0.25, 0.3) is 11.8 Å². The topological polar surface area (TPSA) is 103 Å². The molecule has 1 fully saturated rings. The Morgan fingerprint density at radius 2 is 1.77 bits per heavy atom. The summed E-state index contributed by atoms with van der Waals surface area (Å²) in [5, 5.41) is 10.2. The van der Waals surface area contributed by atoms with E-state index in [0.29, 0.717) is 18.8 Å². The Morgan fingerprint density at radius 1 is 1.06 bits per heavy atom. The molecule has 1 atom stereocenters. The predicted molar refractivity (Wildman–Crippen MR) is 132 cm³/mol. The lowest BCUT2D eigenvalue weighted by atomic mass is 9.96. The van der Waals surface area contributed by atoms with Gasteiger partial charge in [-0.2, -0.15) is 5.10 Å². The molecule has 0 radical (unpaired) electrons. The summed E-state index contributed by atoms with van der Waals surface area (Å²) in [4.78, 5) is 45.0. The van der Waals surface area contributed by atoms with Gasteiger partial charge in [0, 0.05) is 52.4 Å². The maximum Gasteiger partial charge on any atom is 0.272 e. The van der Waals surface area contributed by atoms with Gasteiger partial charge in [0.05, 0.1) is 6.54 Å². The lowest BCUT2D eigenvalue weighted by Crippen LogP contribution is -2.62. The minimum Gasteiger partial charge on any atom is -0.351 e. The van der Waals surface area contributed by atoms with Crippen molar-refractivity contribution in [2.24, 2.45) is 0 Å². The van der Waals surface area contributed by atoms with Gasteiger partial charge in [-0.25, -0.2) is 0 Å². The van der Waals surface area contributed by atoms with Gasteiger partial charge in [-0.05, 0) is 32.5 Å². The van der Waals surface area contributed by atoms with Crippen LogP contribution < -0.4 is 10.6 Å². The summed E-state index contributed by atoms with van der Waals surface area (Å²) in [6.07, 6.45) is 0.852. The van der Waals surface area contributed by atoms with Gasteiger partial charge >= 0.3 is 0 Å². The molecule has 3 heterocycles. The number of likely N-dealkylation sites (N-methyl/N-ethyl adjacent to an activating group) is 2. The molecule has 35 heavy (non-hydrogen) atoms. The van der Waals surface area contributed by atoms with Crippen molar-refractivity contribution in [1.29, 1.82) is 0 Å². The highest BCUT2D eigenvalue weighted by molar-refractivity contribution is 6.01. The molecule has 0 unspecified atom stereocenters. The van der Waals surface area contributed by atoms with Crippen LogP contribution in [0.4, 0.5) is 0 Å². The zero-order valence-electron chi connectivity index (χ0n) is 20.8. The number of piperazine rings is 1. The van der Waals surface area contributed by atoms with E-state index in [9.17, 15) is 14.4 Å². The SMILES string of the molecule is CN1CCN(CCCNC(=O)c2cc3n(n2)C[C@](C)(C(=O)NCc2ccccc2)N(C)C3=O)CC1. The second kappa shape index (κ2) is 10.6. The summed E-state index contributed by atoms with van der Waals surface area (Å²) < 4.78 is 1.48. The molecule has 1 saturated heterocycles. The normalized spacial score (nSPS) is 21.0. The highest BCUT2D eigenvalue weighted by Gasteiger charge is 2.46. The summed E-state index contributed by atoms with van der Waals surface area (Å²) in [7, 11) is 3.74. The third-order valence-electron chi connectivity index (χ3n) is 7.05. The monoisotopic (exact) mass is 481 g/mol. The zero-order valence-corrected chi connectivity index (χ0v) is 20.8. The highest BCUT2D eigenvalue weighted by Crippen LogP contribution is 2.26. The predicted octanol–water partition coefficient (Wildman–Crippen LogP) is 0.411. The minimum atomic E-state index is -1.12. The number of aromatic nitrogens is 2. The Morgan fingerprint density at radius 3 is 2.49 bits per heavy atom. The molecule has 0 spiro atoms. The third-order valence-corrected chi connectivity index (χ3v) is 7.05. The number of hydrogen-bond acceptors (Lipinski definition) is 6. The van der Waals surface area contributed by atoms with E-state index in [4.69, 9.17) is 0 Å². The zero-order chi connectivity index (χ0) is 25.0. The van der Waals surface area contributed by atoms with Crippen LogP contribution in [0.25, 0.3) is 0 Å². The van der Waals surface area contributed by atoms with E-state index in [1.165, 1.54) is 15.6 Å². The van der Waals surface area contributed by atoms with E-state index in [1.807, 2.05) is 30.3 Å². The summed E-state index contributed by atoms with van der Waals surface area (Å²) in [6, 6.07) is 11.1. The van der Waals surface area contributed by atoms with Crippen LogP contribution in [0.2, 0.25) is 0 Å². The molecule has 2 N–H and O–H groups in total. The van der Waals surface area contributed by atoms with E-state index in [2.05, 4.69) is 32.6 Å². The number of rotatable bonds is 8. The molecule has 10 heteroatoms. The molecule has 1 aromatic heterocycles. The molecule has 3 amide bonds. The Balaban J connectivity index is 1.34. The van der Waals surface area contributed by atoms with Crippen molar-refractivity contribution in [2.45, 2.75) is 32.0 Å². The van der Waals surface area contributed by atoms with Crippen molar-refractivity contribution in [1.82, 2.24) is 35.1 Å². The molecule has 10 nitrogen and oxygen atoms in total. The van der Waals surface area contributed by atoms with Crippen LogP contribution in [0.5, 0.6) is 0 Å². The largest absolute Gasteiger partial charge is 0.351 e. The number of fused-ring (bicyclic) bond motifs is 1. The Labute approximate surface area is 206 Å². The first-order chi connectivity index (χ1) is 16.8. The maximum atomic E-state index is 13.1. The molecule has 4 rings (SSSR count). The molecule has 1 aromatic carbocycles. The van der Waals surface area contributed by atoms with Crippen LogP contribution in [-0.2, 0) is 17.9 Å². The number of amides is 3. The highest BCUT2D eigenvalue weighted by atomic mass is 16.2. The van der Waals surface area contributed by atoms with Gasteiger partial charge < -0.3 is 25.3 Å². The van der Waals surface area contributed by atoms with Crippen LogP contribution in [0.1, 0.15) is 39.9 Å². The first kappa shape index (κ1) is 24.9. The molecule has 2 aromatic rings. The lowest BCUT2D eigenvalue weighted by molar-refractivity contribution is -0.132. The van der Waals surface area contributed by atoms with Gasteiger partial charge in [-0.15, -0.1) is 0 Å². The summed E-state index contributed by atoms with van der Waals surface area (Å²) >= 11 is 0. The molecule has 0 bridgehead atoms. The fraction of sp³-hybridized carbons (Fsp3) is 0.520. The second-order valence-corrected chi connectivity index (χ2v) is 9.63. The molecule has 0 saturated carbocycles. The molecule has 2 aliphatic heterocycles. The Hall–Kier alpha value is -3.24. The van der Waals surface area contributed by atoms with Crippen molar-refractivity contribution >= 4 is 17.7 Å². The lowest BCUT2D eigenvalue weighted by Gasteiger charge is -2.40. The minimum absolute atomic E-state index is 0.169. The number of carbonyl (C=O) groups is 3. The van der Waals surface area contributed by atoms with E-state index in [1.54, 1.807) is 14.0 Å². The van der Waals surface area contributed by atoms with E-state index < -0.39 is 5.54 Å². The van der Waals surface area contributed by atoms with Crippen molar-refractivity contribution in [3.05, 3.63) is 53.3 Å². The van der Waals surface area contributed by atoms with E-state index >= 15 is 0 Å². The second-order valence-electron chi connectivity index (χ2n) is 9.63. The fourth-order valence-electron chi connectivity index (χ4n) is 4.47. The number of nitrogens with one attached hydrogen (secondary N) is 2. The first-order valence-electron chi connectivity index (χ1n) is 12.2. The fourth-order valence-corrected chi connectivity index (χ4v) is 4.47. The van der Waals surface area contributed by atoms with Crippen molar-refractivity contribution < 1.29 is 14.4 Å². The smallest absolute Gasteiger partial charge is 0.272 e. The van der Waals surface area contributed by atoms with Gasteiger partial charge in [-0.3, -0.25) is 19.1 Å². The molecular weight excluding hydrogens is 446 g/mol. The van der Waals surface area contributed by atoms with Crippen molar-refractivity contribution in [2.75, 3.05) is 53.4 Å². The molecule has 2 aliphatic rings. The van der Waals surface area contributed by atoms with Gasteiger partial charge in [0.15, 0.2) is 5.69 Å². The Kier molecular flexibility index (Phi) is 7.51. The summed E-state index contributed by atoms with van der Waals surface area (Å²) in [5.41, 5.74) is 0.348. The summed E-state index contributed by atoms with van der Waals surface area (Å²) in [6.45, 7) is 7.96. The van der Waals surface area contributed by atoms with Gasteiger partial charge in [0.1, 0.15) is 11.2 Å². The average Bonchev–Trinajstić information content (AvgIpc) is 3.29. The third kappa shape index (κ3) is 5.54. The van der Waals surface area contributed by atoms with E-state index in [0.717, 1.165) is 44.7 Å². The van der Waals surface area contributed by atoms with Gasteiger partial charge in [-0.1, -0.05) is 30.3 Å². The standard InChI is InChI=1S/C25H35N7O3/c1-25(24(35)27-17-19-8-5-4-6-9-19)18-32-21(23(34)30(25)3)16-20(28-32)22(33)26-10-7-11-31-14-12-29(2)13-15-31/h4-6,8-9,16H,7,10-15,17-18H2,1-3H3,(H,26,33)(H,27,35)/t25-/m1/s1. The first-order valence-corrected chi connectivity index (χ1v) is 12.2. The van der Waals surface area contributed by atoms with Crippen molar-refractivity contribution in [3.8, 4) is 0 Å². The van der Waals surface area contributed by atoms with Gasteiger partial charge in [0.2, 0.25) is 5.91 Å². The average molecular weight is 482 g/mol. The van der Waals surface area contributed by atoms with Crippen LogP contribution in [0.15, 0.2) is 36.4 Å². The quantitative estimate of drug-likeness (QED) is 0.530. The molecule has 0 aliphatic carbocycles. The number of benzene rings is 1. The Bertz CT molecular complexity index is 1060. The van der Waals surface area contributed by atoms with Crippen LogP contribution >= 0.6 is 0 Å². The summed E-state index contributed by atoms with van der Waals surface area (Å²) in [5.74, 6) is -0.917. The number of nitrogens with zero attached hydrogens (tertiary/aromatic N) is 5. The number of hydrogen-bond donors (Lipinski definition) is 2. The van der Waals surface area contributed by atoms with Crippen LogP contribution in [0, 0.1) is 0 Å². The molecular formula is C25H35N7O3. The van der Waals surface area contributed by atoms with E-state index in [-0.39, 0.29) is 30.0 Å². The number of carbonyl (C=O) groups excluding carboxylic acids is 3. The molecule has 188 valence electrons. The van der Waals surface area contributed by atoms with Crippen LogP contribution in [0.3, 0.4) is 0 Å². The van der Waals surface area contributed by atoms with Crippen LogP contribution in [-0.4, -0.2) is 101 Å². The van der Waals surface area contributed by atoms with Crippen molar-refractivity contribution in [3.63, 3.8) is 0 Å². The maximum absolute atomic E-state index is 13.1.